The minimum Gasteiger partial charge on any atom is -0.356 e. The lowest BCUT2D eigenvalue weighted by atomic mass is 9.84. The minimum absolute atomic E-state index is 0.774. The first-order chi connectivity index (χ1) is 9.67. The van der Waals surface area contributed by atoms with E-state index in [0.717, 1.165) is 47.7 Å². The quantitative estimate of drug-likeness (QED) is 0.776. The molecule has 2 atom stereocenters. The molecular weight excluding hydrogens is 316 g/mol. The Morgan fingerprint density at radius 3 is 2.95 bits per heavy atom. The van der Waals surface area contributed by atoms with Gasteiger partial charge in [0.15, 0.2) is 0 Å². The summed E-state index contributed by atoms with van der Waals surface area (Å²) in [4.78, 5) is 14.1. The van der Waals surface area contributed by atoms with Gasteiger partial charge in [-0.2, -0.15) is 0 Å². The van der Waals surface area contributed by atoms with Crippen molar-refractivity contribution in [2.75, 3.05) is 31.6 Å². The van der Waals surface area contributed by atoms with Gasteiger partial charge in [-0.3, -0.25) is 0 Å². The molecule has 0 saturated carbocycles. The topological polar surface area (TPSA) is 32.3 Å². The van der Waals surface area contributed by atoms with Crippen LogP contribution in [0.4, 0.5) is 5.82 Å². The van der Waals surface area contributed by atoms with Crippen molar-refractivity contribution in [1.82, 2.24) is 14.9 Å². The molecule has 0 spiro atoms. The van der Waals surface area contributed by atoms with E-state index in [2.05, 4.69) is 50.8 Å². The summed E-state index contributed by atoms with van der Waals surface area (Å²) in [5.74, 6) is 2.81. The monoisotopic (exact) mass is 338 g/mol. The highest BCUT2D eigenvalue weighted by Gasteiger charge is 2.34. The molecule has 0 aromatic carbocycles. The molecule has 0 radical (unpaired) electrons. The Balaban J connectivity index is 1.77. The molecule has 5 heteroatoms. The Kier molecular flexibility index (Phi) is 4.26. The lowest BCUT2D eigenvalue weighted by Crippen LogP contribution is -2.53. The van der Waals surface area contributed by atoms with Gasteiger partial charge in [0, 0.05) is 31.6 Å². The van der Waals surface area contributed by atoms with Crippen LogP contribution < -0.4 is 4.90 Å². The maximum absolute atomic E-state index is 4.70. The average Bonchev–Trinajstić information content (AvgIpc) is 2.46. The van der Waals surface area contributed by atoms with Gasteiger partial charge in [0.05, 0.1) is 0 Å². The van der Waals surface area contributed by atoms with Crippen molar-refractivity contribution in [2.45, 2.75) is 38.6 Å². The smallest absolute Gasteiger partial charge is 0.133 e. The van der Waals surface area contributed by atoms with E-state index in [1.54, 1.807) is 0 Å². The van der Waals surface area contributed by atoms with Crippen LogP contribution >= 0.6 is 15.9 Å². The summed E-state index contributed by atoms with van der Waals surface area (Å²) in [6.07, 6.45) is 4.83. The summed E-state index contributed by atoms with van der Waals surface area (Å²) in [6.45, 7) is 5.62. The second-order valence-corrected chi connectivity index (χ2v) is 6.82. The molecule has 110 valence electrons. The zero-order valence-corrected chi connectivity index (χ0v) is 13.9. The molecule has 0 amide bonds. The molecule has 0 N–H and O–H groups in total. The Hall–Kier alpha value is -0.680. The van der Waals surface area contributed by atoms with Crippen LogP contribution in [-0.2, 0) is 6.42 Å². The van der Waals surface area contributed by atoms with Gasteiger partial charge in [-0.15, -0.1) is 0 Å². The molecule has 2 unspecified atom stereocenters. The van der Waals surface area contributed by atoms with E-state index in [0.29, 0.717) is 0 Å². The van der Waals surface area contributed by atoms with Crippen LogP contribution in [0.5, 0.6) is 0 Å². The van der Waals surface area contributed by atoms with Crippen molar-refractivity contribution < 1.29 is 0 Å². The summed E-state index contributed by atoms with van der Waals surface area (Å²) in [5, 5.41) is 0. The molecule has 3 rings (SSSR count). The van der Waals surface area contributed by atoms with Gasteiger partial charge >= 0.3 is 0 Å². The Labute approximate surface area is 129 Å². The minimum atomic E-state index is 0.774. The van der Waals surface area contributed by atoms with Crippen molar-refractivity contribution in [2.24, 2.45) is 5.92 Å². The zero-order valence-electron chi connectivity index (χ0n) is 12.3. The van der Waals surface area contributed by atoms with Crippen molar-refractivity contribution in [3.8, 4) is 0 Å². The third-order valence-electron chi connectivity index (χ3n) is 4.71. The van der Waals surface area contributed by atoms with Crippen LogP contribution in [-0.4, -0.2) is 47.6 Å². The van der Waals surface area contributed by atoms with Crippen LogP contribution in [0.2, 0.25) is 0 Å². The normalized spacial score (nSPS) is 27.4. The number of rotatable bonds is 2. The molecule has 2 fully saturated rings. The highest BCUT2D eigenvalue weighted by atomic mass is 79.9. The second-order valence-electron chi connectivity index (χ2n) is 6.00. The Bertz CT molecular complexity index is 479. The number of nitrogens with zero attached hydrogens (tertiary/aromatic N) is 4. The molecule has 0 bridgehead atoms. The molecule has 1 aromatic rings. The maximum atomic E-state index is 4.70. The fourth-order valence-electron chi connectivity index (χ4n) is 3.63. The molecule has 2 aliphatic rings. The van der Waals surface area contributed by atoms with E-state index in [4.69, 9.17) is 4.98 Å². The number of likely N-dealkylation sites (tertiary alicyclic amines) is 1. The number of hydrogen-bond acceptors (Lipinski definition) is 4. The summed E-state index contributed by atoms with van der Waals surface area (Å²) >= 11 is 3.51. The number of fused-ring (bicyclic) bond motifs is 1. The molecular formula is C15H23BrN4. The number of anilines is 1. The molecule has 2 saturated heterocycles. The standard InChI is InChI=1S/C15H23BrN4/c1-3-14-17-13(16)9-15(18-14)20-8-6-12-11(10-20)5-4-7-19(12)2/h9,11-12H,3-8,10H2,1-2H3. The summed E-state index contributed by atoms with van der Waals surface area (Å²) in [5.41, 5.74) is 0. The summed E-state index contributed by atoms with van der Waals surface area (Å²) in [7, 11) is 2.28. The third kappa shape index (κ3) is 2.84. The van der Waals surface area contributed by atoms with E-state index in [9.17, 15) is 0 Å². The summed E-state index contributed by atoms with van der Waals surface area (Å²) in [6, 6.07) is 2.84. The first kappa shape index (κ1) is 14.3. The maximum Gasteiger partial charge on any atom is 0.133 e. The largest absolute Gasteiger partial charge is 0.356 e. The van der Waals surface area contributed by atoms with Gasteiger partial charge < -0.3 is 9.80 Å². The Morgan fingerprint density at radius 2 is 2.15 bits per heavy atom. The second kappa shape index (κ2) is 5.98. The lowest BCUT2D eigenvalue weighted by molar-refractivity contribution is 0.102. The average molecular weight is 339 g/mol. The number of aromatic nitrogens is 2. The van der Waals surface area contributed by atoms with Gasteiger partial charge in [-0.25, -0.2) is 9.97 Å². The SMILES string of the molecule is CCc1nc(Br)cc(N2CCC3C(CCCN3C)C2)n1. The summed E-state index contributed by atoms with van der Waals surface area (Å²) < 4.78 is 0.905. The van der Waals surface area contributed by atoms with Gasteiger partial charge in [-0.05, 0) is 54.7 Å². The molecule has 3 heterocycles. The molecule has 2 aliphatic heterocycles. The van der Waals surface area contributed by atoms with Gasteiger partial charge in [0.1, 0.15) is 16.2 Å². The first-order valence-electron chi connectivity index (χ1n) is 7.66. The van der Waals surface area contributed by atoms with Gasteiger partial charge in [0.25, 0.3) is 0 Å². The fraction of sp³-hybridized carbons (Fsp3) is 0.733. The predicted molar refractivity (Wildman–Crippen MR) is 85.1 cm³/mol. The van der Waals surface area contributed by atoms with E-state index < -0.39 is 0 Å². The van der Waals surface area contributed by atoms with Gasteiger partial charge in [-0.1, -0.05) is 6.92 Å². The number of aryl methyl sites for hydroxylation is 1. The van der Waals surface area contributed by atoms with Gasteiger partial charge in [0.2, 0.25) is 0 Å². The zero-order chi connectivity index (χ0) is 14.1. The number of hydrogen-bond donors (Lipinski definition) is 0. The van der Waals surface area contributed by atoms with Crippen LogP contribution in [0.1, 0.15) is 32.0 Å². The van der Waals surface area contributed by atoms with Crippen molar-refractivity contribution >= 4 is 21.7 Å². The predicted octanol–water partition coefficient (Wildman–Crippen LogP) is 2.72. The van der Waals surface area contributed by atoms with Crippen molar-refractivity contribution in [1.29, 1.82) is 0 Å². The van der Waals surface area contributed by atoms with Crippen molar-refractivity contribution in [3.63, 3.8) is 0 Å². The van der Waals surface area contributed by atoms with Crippen LogP contribution in [0, 0.1) is 5.92 Å². The number of piperidine rings is 2. The highest BCUT2D eigenvalue weighted by Crippen LogP contribution is 2.31. The molecule has 0 aliphatic carbocycles. The molecule has 20 heavy (non-hydrogen) atoms. The lowest BCUT2D eigenvalue weighted by Gasteiger charge is -2.46. The highest BCUT2D eigenvalue weighted by molar-refractivity contribution is 9.10. The van der Waals surface area contributed by atoms with E-state index >= 15 is 0 Å². The fourth-order valence-corrected chi connectivity index (χ4v) is 4.04. The Morgan fingerprint density at radius 1 is 1.30 bits per heavy atom. The van der Waals surface area contributed by atoms with Crippen LogP contribution in [0.25, 0.3) is 0 Å². The third-order valence-corrected chi connectivity index (χ3v) is 5.12. The van der Waals surface area contributed by atoms with Crippen molar-refractivity contribution in [3.05, 3.63) is 16.5 Å². The van der Waals surface area contributed by atoms with Crippen LogP contribution in [0.3, 0.4) is 0 Å². The molecule has 4 nitrogen and oxygen atoms in total. The first-order valence-corrected chi connectivity index (χ1v) is 8.45. The van der Waals surface area contributed by atoms with E-state index in [-0.39, 0.29) is 0 Å². The van der Waals surface area contributed by atoms with E-state index in [1.807, 2.05) is 0 Å². The number of halogens is 1. The van der Waals surface area contributed by atoms with E-state index in [1.165, 1.54) is 25.8 Å². The molecule has 1 aromatic heterocycles. The van der Waals surface area contributed by atoms with Crippen LogP contribution in [0.15, 0.2) is 10.7 Å².